The van der Waals surface area contributed by atoms with Gasteiger partial charge in [0.05, 0.1) is 13.2 Å². The van der Waals surface area contributed by atoms with Crippen LogP contribution in [0.5, 0.6) is 0 Å². The largest absolute Gasteiger partial charge is 0.404 e. The lowest BCUT2D eigenvalue weighted by atomic mass is 10.1. The van der Waals surface area contributed by atoms with Gasteiger partial charge in [-0.2, -0.15) is 13.2 Å². The van der Waals surface area contributed by atoms with Crippen LogP contribution in [0.3, 0.4) is 0 Å². The molecule has 1 atom stereocenters. The van der Waals surface area contributed by atoms with Crippen LogP contribution in [0.1, 0.15) is 12.8 Å². The van der Waals surface area contributed by atoms with Gasteiger partial charge < -0.3 is 4.74 Å². The number of nitrogens with zero attached hydrogens (tertiary/aromatic N) is 1. The third-order valence-electron chi connectivity index (χ3n) is 2.84. The van der Waals surface area contributed by atoms with Gasteiger partial charge in [0.1, 0.15) is 6.04 Å². The van der Waals surface area contributed by atoms with E-state index in [0.717, 1.165) is 12.8 Å². The monoisotopic (exact) mass is 209 g/mol. The molecule has 2 rings (SSSR count). The molecule has 0 radical (unpaired) electrons. The van der Waals surface area contributed by atoms with E-state index in [2.05, 4.69) is 0 Å². The highest BCUT2D eigenvalue weighted by Gasteiger charge is 2.51. The van der Waals surface area contributed by atoms with E-state index in [9.17, 15) is 13.2 Å². The third-order valence-corrected chi connectivity index (χ3v) is 2.84. The van der Waals surface area contributed by atoms with E-state index in [1.165, 1.54) is 4.90 Å². The Balaban J connectivity index is 2.01. The van der Waals surface area contributed by atoms with Crippen LogP contribution >= 0.6 is 0 Å². The third kappa shape index (κ3) is 2.20. The molecule has 2 fully saturated rings. The lowest BCUT2D eigenvalue weighted by molar-refractivity contribution is -0.197. The van der Waals surface area contributed by atoms with Crippen LogP contribution in [0.2, 0.25) is 0 Å². The molecule has 2 nitrogen and oxygen atoms in total. The van der Waals surface area contributed by atoms with Crippen LogP contribution in [-0.2, 0) is 4.74 Å². The van der Waals surface area contributed by atoms with E-state index >= 15 is 0 Å². The maximum atomic E-state index is 12.7. The Labute approximate surface area is 81.0 Å². The van der Waals surface area contributed by atoms with Gasteiger partial charge in [-0.1, -0.05) is 0 Å². The van der Waals surface area contributed by atoms with Gasteiger partial charge in [0.25, 0.3) is 0 Å². The number of alkyl halides is 3. The zero-order valence-electron chi connectivity index (χ0n) is 7.89. The van der Waals surface area contributed by atoms with Crippen LogP contribution in [-0.4, -0.2) is 43.4 Å². The fourth-order valence-corrected chi connectivity index (χ4v) is 2.04. The van der Waals surface area contributed by atoms with Crippen molar-refractivity contribution in [1.29, 1.82) is 0 Å². The molecule has 0 spiro atoms. The molecule has 1 unspecified atom stereocenters. The predicted octanol–water partition coefficient (Wildman–Crippen LogP) is 1.66. The number of halogens is 3. The lowest BCUT2D eigenvalue weighted by Gasteiger charge is -2.35. The fourth-order valence-electron chi connectivity index (χ4n) is 2.04. The number of morpholine rings is 1. The van der Waals surface area contributed by atoms with Gasteiger partial charge in [0.2, 0.25) is 0 Å². The first-order chi connectivity index (χ1) is 6.59. The predicted molar refractivity (Wildman–Crippen MR) is 45.0 cm³/mol. The van der Waals surface area contributed by atoms with Crippen molar-refractivity contribution in [1.82, 2.24) is 4.90 Å². The summed E-state index contributed by atoms with van der Waals surface area (Å²) in [6.07, 6.45) is -2.62. The van der Waals surface area contributed by atoms with E-state index in [-0.39, 0.29) is 5.92 Å². The topological polar surface area (TPSA) is 12.5 Å². The standard InChI is InChI=1S/C9H14F3NO/c10-9(11,12)8(7-1-2-7)13-3-5-14-6-4-13/h7-8H,1-6H2. The van der Waals surface area contributed by atoms with Crippen molar-refractivity contribution in [3.63, 3.8) is 0 Å². The van der Waals surface area contributed by atoms with E-state index in [1.54, 1.807) is 0 Å². The highest BCUT2D eigenvalue weighted by atomic mass is 19.4. The van der Waals surface area contributed by atoms with Gasteiger partial charge in [-0.15, -0.1) is 0 Å². The molecule has 0 amide bonds. The number of rotatable bonds is 2. The Morgan fingerprint density at radius 2 is 1.71 bits per heavy atom. The highest BCUT2D eigenvalue weighted by molar-refractivity contribution is 4.93. The van der Waals surface area contributed by atoms with Crippen molar-refractivity contribution in [3.8, 4) is 0 Å². The molecule has 5 heteroatoms. The summed E-state index contributed by atoms with van der Waals surface area (Å²) in [5.74, 6) is -0.159. The van der Waals surface area contributed by atoms with Crippen molar-refractivity contribution >= 4 is 0 Å². The SMILES string of the molecule is FC(F)(F)C(C1CC1)N1CCOCC1. The van der Waals surface area contributed by atoms with Crippen molar-refractivity contribution in [3.05, 3.63) is 0 Å². The first-order valence-electron chi connectivity index (χ1n) is 4.97. The maximum absolute atomic E-state index is 12.7. The van der Waals surface area contributed by atoms with Crippen LogP contribution in [0.15, 0.2) is 0 Å². The van der Waals surface area contributed by atoms with E-state index < -0.39 is 12.2 Å². The number of ether oxygens (including phenoxy) is 1. The van der Waals surface area contributed by atoms with E-state index in [0.29, 0.717) is 26.3 Å². The summed E-state index contributed by atoms with van der Waals surface area (Å²) in [5.41, 5.74) is 0. The second-order valence-electron chi connectivity index (χ2n) is 3.97. The molecular weight excluding hydrogens is 195 g/mol. The highest BCUT2D eigenvalue weighted by Crippen LogP contribution is 2.43. The van der Waals surface area contributed by atoms with Gasteiger partial charge >= 0.3 is 6.18 Å². The molecule has 0 aromatic carbocycles. The molecule has 0 N–H and O–H groups in total. The van der Waals surface area contributed by atoms with Crippen molar-refractivity contribution in [2.75, 3.05) is 26.3 Å². The molecule has 1 saturated carbocycles. The van der Waals surface area contributed by atoms with Crippen LogP contribution in [0.25, 0.3) is 0 Å². The summed E-state index contributed by atoms with van der Waals surface area (Å²) >= 11 is 0. The molecule has 0 bridgehead atoms. The van der Waals surface area contributed by atoms with Gasteiger partial charge in [-0.3, -0.25) is 4.90 Å². The summed E-state index contributed by atoms with van der Waals surface area (Å²) in [6.45, 7) is 1.69. The van der Waals surface area contributed by atoms with Gasteiger partial charge in [0, 0.05) is 13.1 Å². The summed E-state index contributed by atoms with van der Waals surface area (Å²) in [4.78, 5) is 1.53. The average Bonchev–Trinajstić information content (AvgIpc) is 2.88. The molecule has 82 valence electrons. The molecule has 0 aromatic rings. The van der Waals surface area contributed by atoms with Gasteiger partial charge in [0.15, 0.2) is 0 Å². The molecule has 14 heavy (non-hydrogen) atoms. The van der Waals surface area contributed by atoms with Gasteiger partial charge in [-0.05, 0) is 18.8 Å². The smallest absolute Gasteiger partial charge is 0.379 e. The molecule has 1 saturated heterocycles. The summed E-state index contributed by atoms with van der Waals surface area (Å²) in [6, 6.07) is -1.22. The van der Waals surface area contributed by atoms with E-state index in [1.807, 2.05) is 0 Å². The zero-order chi connectivity index (χ0) is 10.2. The van der Waals surface area contributed by atoms with Crippen molar-refractivity contribution in [2.24, 2.45) is 5.92 Å². The lowest BCUT2D eigenvalue weighted by Crippen LogP contribution is -2.51. The summed E-state index contributed by atoms with van der Waals surface area (Å²) < 4.78 is 43.2. The molecule has 1 aliphatic carbocycles. The van der Waals surface area contributed by atoms with Gasteiger partial charge in [-0.25, -0.2) is 0 Å². The molecular formula is C9H14F3NO. The van der Waals surface area contributed by atoms with E-state index in [4.69, 9.17) is 4.74 Å². The second kappa shape index (κ2) is 3.70. The maximum Gasteiger partial charge on any atom is 0.404 e. The molecule has 1 heterocycles. The molecule has 0 aromatic heterocycles. The Morgan fingerprint density at radius 1 is 1.14 bits per heavy atom. The Hall–Kier alpha value is -0.290. The van der Waals surface area contributed by atoms with Crippen LogP contribution in [0.4, 0.5) is 13.2 Å². The van der Waals surface area contributed by atoms with Crippen molar-refractivity contribution in [2.45, 2.75) is 25.1 Å². The second-order valence-corrected chi connectivity index (χ2v) is 3.97. The van der Waals surface area contributed by atoms with Crippen LogP contribution in [0, 0.1) is 5.92 Å². The Kier molecular flexibility index (Phi) is 2.70. The summed E-state index contributed by atoms with van der Waals surface area (Å²) in [7, 11) is 0. The van der Waals surface area contributed by atoms with Crippen molar-refractivity contribution < 1.29 is 17.9 Å². The van der Waals surface area contributed by atoms with Crippen LogP contribution < -0.4 is 0 Å². The normalized spacial score (nSPS) is 27.6. The Morgan fingerprint density at radius 3 is 2.14 bits per heavy atom. The minimum atomic E-state index is -4.07. The molecule has 2 aliphatic rings. The summed E-state index contributed by atoms with van der Waals surface area (Å²) in [5, 5.41) is 0. The minimum absolute atomic E-state index is 0.159. The number of hydrogen-bond acceptors (Lipinski definition) is 2. The number of hydrogen-bond donors (Lipinski definition) is 0. The first-order valence-corrected chi connectivity index (χ1v) is 4.97. The quantitative estimate of drug-likeness (QED) is 0.685. The zero-order valence-corrected chi connectivity index (χ0v) is 7.89. The average molecular weight is 209 g/mol. The molecule has 1 aliphatic heterocycles. The fraction of sp³-hybridized carbons (Fsp3) is 1.00. The first kappa shape index (κ1) is 10.2. The minimum Gasteiger partial charge on any atom is -0.379 e. The Bertz CT molecular complexity index is 197.